The van der Waals surface area contributed by atoms with Gasteiger partial charge < -0.3 is 16.4 Å². The van der Waals surface area contributed by atoms with Crippen LogP contribution in [0.25, 0.3) is 5.57 Å². The first kappa shape index (κ1) is 16.7. The molecule has 1 aromatic carbocycles. The van der Waals surface area contributed by atoms with E-state index >= 15 is 0 Å². The molecule has 1 aromatic rings. The molecule has 2 aliphatic rings. The molecular weight excluding hydrogens is 302 g/mol. The number of carbonyl (C=O) groups is 2. The monoisotopic (exact) mass is 327 g/mol. The lowest BCUT2D eigenvalue weighted by atomic mass is 9.90. The fourth-order valence-corrected chi connectivity index (χ4v) is 3.57. The number of hydrogen-bond acceptors (Lipinski definition) is 3. The van der Waals surface area contributed by atoms with E-state index in [0.717, 1.165) is 43.2 Å². The summed E-state index contributed by atoms with van der Waals surface area (Å²) in [6, 6.07) is 8.46. The van der Waals surface area contributed by atoms with Gasteiger partial charge in [-0.15, -0.1) is 0 Å². The minimum absolute atomic E-state index is 0.0237. The fourth-order valence-electron chi connectivity index (χ4n) is 3.57. The van der Waals surface area contributed by atoms with Crippen LogP contribution in [0.15, 0.2) is 30.3 Å². The molecule has 2 aliphatic carbocycles. The van der Waals surface area contributed by atoms with Crippen molar-refractivity contribution in [1.82, 2.24) is 10.6 Å². The van der Waals surface area contributed by atoms with Crippen LogP contribution < -0.4 is 16.4 Å². The molecule has 0 unspecified atom stereocenters. The van der Waals surface area contributed by atoms with Crippen LogP contribution in [-0.4, -0.2) is 30.4 Å². The third kappa shape index (κ3) is 3.85. The Morgan fingerprint density at radius 3 is 2.42 bits per heavy atom. The molecule has 0 heterocycles. The van der Waals surface area contributed by atoms with Gasteiger partial charge in [0.1, 0.15) is 0 Å². The summed E-state index contributed by atoms with van der Waals surface area (Å²) in [6.45, 7) is 0.383. The Morgan fingerprint density at radius 2 is 1.71 bits per heavy atom. The summed E-state index contributed by atoms with van der Waals surface area (Å²) in [5.41, 5.74) is 8.46. The van der Waals surface area contributed by atoms with Crippen LogP contribution in [0.3, 0.4) is 0 Å². The van der Waals surface area contributed by atoms with Crippen LogP contribution in [0.5, 0.6) is 0 Å². The molecular formula is C19H25N3O2. The smallest absolute Gasteiger partial charge is 0.251 e. The van der Waals surface area contributed by atoms with Gasteiger partial charge in [-0.05, 0) is 43.2 Å². The lowest BCUT2D eigenvalue weighted by Gasteiger charge is -2.29. The number of hydrogen-bond donors (Lipinski definition) is 3. The van der Waals surface area contributed by atoms with Crippen molar-refractivity contribution in [2.45, 2.75) is 50.6 Å². The normalized spacial score (nSPS) is 22.5. The minimum atomic E-state index is 0.0237. The Labute approximate surface area is 142 Å². The Hall–Kier alpha value is -2.14. The number of nitrogens with one attached hydrogen (secondary N) is 2. The van der Waals surface area contributed by atoms with Gasteiger partial charge >= 0.3 is 0 Å². The zero-order valence-corrected chi connectivity index (χ0v) is 13.9. The van der Waals surface area contributed by atoms with E-state index in [2.05, 4.69) is 16.7 Å². The number of rotatable bonds is 5. The Bertz CT molecular complexity index is 646. The maximum atomic E-state index is 12.6. The summed E-state index contributed by atoms with van der Waals surface area (Å²) >= 11 is 0. The summed E-state index contributed by atoms with van der Waals surface area (Å²) < 4.78 is 0. The molecule has 1 fully saturated rings. The first-order chi connectivity index (χ1) is 11.7. The minimum Gasteiger partial charge on any atom is -0.353 e. The lowest BCUT2D eigenvalue weighted by molar-refractivity contribution is -0.122. The number of nitrogens with two attached hydrogens (primary N) is 1. The van der Waals surface area contributed by atoms with E-state index < -0.39 is 0 Å². The van der Waals surface area contributed by atoms with Gasteiger partial charge in [-0.3, -0.25) is 9.59 Å². The van der Waals surface area contributed by atoms with Crippen LogP contribution in [0.4, 0.5) is 0 Å². The van der Waals surface area contributed by atoms with Crippen molar-refractivity contribution in [1.29, 1.82) is 0 Å². The van der Waals surface area contributed by atoms with Gasteiger partial charge in [0.25, 0.3) is 5.91 Å². The number of amides is 2. The second-order valence-electron chi connectivity index (χ2n) is 6.61. The first-order valence-electron chi connectivity index (χ1n) is 8.76. The molecule has 0 aliphatic heterocycles. The Morgan fingerprint density at radius 1 is 1.04 bits per heavy atom. The van der Waals surface area contributed by atoms with E-state index in [1.54, 1.807) is 0 Å². The van der Waals surface area contributed by atoms with Crippen molar-refractivity contribution >= 4 is 17.4 Å². The quantitative estimate of drug-likeness (QED) is 0.766. The fraction of sp³-hybridized carbons (Fsp3) is 0.474. The predicted octanol–water partition coefficient (Wildman–Crippen LogP) is 1.52. The number of carbonyl (C=O) groups excluding carboxylic acids is 2. The van der Waals surface area contributed by atoms with E-state index in [1.807, 2.05) is 24.3 Å². The number of fused-ring (bicyclic) bond motifs is 1. The average molecular weight is 327 g/mol. The van der Waals surface area contributed by atoms with Crippen molar-refractivity contribution in [3.8, 4) is 0 Å². The highest BCUT2D eigenvalue weighted by atomic mass is 16.2. The van der Waals surface area contributed by atoms with E-state index in [-0.39, 0.29) is 23.9 Å². The van der Waals surface area contributed by atoms with Crippen molar-refractivity contribution in [2.75, 3.05) is 6.54 Å². The molecule has 4 N–H and O–H groups in total. The van der Waals surface area contributed by atoms with Crippen molar-refractivity contribution in [3.63, 3.8) is 0 Å². The third-order valence-electron chi connectivity index (χ3n) is 4.88. The topological polar surface area (TPSA) is 84.2 Å². The Balaban J connectivity index is 1.48. The summed E-state index contributed by atoms with van der Waals surface area (Å²) in [6.07, 6.45) is 6.82. The van der Waals surface area contributed by atoms with Crippen molar-refractivity contribution in [3.05, 3.63) is 41.5 Å². The maximum absolute atomic E-state index is 12.6. The van der Waals surface area contributed by atoms with E-state index in [9.17, 15) is 9.59 Å². The highest BCUT2D eigenvalue weighted by Crippen LogP contribution is 2.28. The largest absolute Gasteiger partial charge is 0.353 e. The van der Waals surface area contributed by atoms with Crippen LogP contribution in [0, 0.1) is 0 Å². The third-order valence-corrected chi connectivity index (χ3v) is 4.88. The summed E-state index contributed by atoms with van der Waals surface area (Å²) in [4.78, 5) is 24.2. The molecule has 0 spiro atoms. The van der Waals surface area contributed by atoms with Gasteiger partial charge in [0.15, 0.2) is 0 Å². The molecule has 3 rings (SSSR count). The van der Waals surface area contributed by atoms with Gasteiger partial charge in [0.2, 0.25) is 5.91 Å². The average Bonchev–Trinajstić information content (AvgIpc) is 3.01. The molecule has 0 atom stereocenters. The molecule has 0 saturated heterocycles. The zero-order chi connectivity index (χ0) is 16.9. The molecule has 0 radical (unpaired) electrons. The molecule has 1 saturated carbocycles. The zero-order valence-electron chi connectivity index (χ0n) is 13.9. The molecule has 24 heavy (non-hydrogen) atoms. The second-order valence-corrected chi connectivity index (χ2v) is 6.61. The standard InChI is InChI=1S/C19H25N3O2/c20-12-11-18(23)21-14-6-8-15(9-7-14)22-19(24)17-10-5-13-3-1-2-4-16(13)17/h1-4,10,14-15H,5-9,11-12,20H2,(H,21,23)(H,22,24). The molecule has 5 heteroatoms. The van der Waals surface area contributed by atoms with Crippen LogP contribution >= 0.6 is 0 Å². The maximum Gasteiger partial charge on any atom is 0.251 e. The highest BCUT2D eigenvalue weighted by molar-refractivity contribution is 6.21. The molecule has 0 bridgehead atoms. The molecule has 128 valence electrons. The molecule has 2 amide bonds. The summed E-state index contributed by atoms with van der Waals surface area (Å²) in [7, 11) is 0. The van der Waals surface area contributed by atoms with E-state index in [0.29, 0.717) is 13.0 Å². The van der Waals surface area contributed by atoms with Crippen molar-refractivity contribution in [2.24, 2.45) is 5.73 Å². The van der Waals surface area contributed by atoms with Crippen LogP contribution in [-0.2, 0) is 16.0 Å². The SMILES string of the molecule is NCCC(=O)NC1CCC(NC(=O)C2=CCc3ccccc32)CC1. The predicted molar refractivity (Wildman–Crippen MR) is 94.1 cm³/mol. The van der Waals surface area contributed by atoms with Crippen molar-refractivity contribution < 1.29 is 9.59 Å². The van der Waals surface area contributed by atoms with Gasteiger partial charge in [-0.25, -0.2) is 0 Å². The van der Waals surface area contributed by atoms with E-state index in [1.165, 1.54) is 5.56 Å². The van der Waals surface area contributed by atoms with Gasteiger partial charge in [-0.1, -0.05) is 30.3 Å². The summed E-state index contributed by atoms with van der Waals surface area (Å²) in [5, 5.41) is 6.18. The molecule has 0 aromatic heterocycles. The molecule has 5 nitrogen and oxygen atoms in total. The van der Waals surface area contributed by atoms with Gasteiger partial charge in [0.05, 0.1) is 0 Å². The second kappa shape index (κ2) is 7.62. The van der Waals surface area contributed by atoms with Crippen LogP contribution in [0.2, 0.25) is 0 Å². The van der Waals surface area contributed by atoms with Crippen LogP contribution in [0.1, 0.15) is 43.2 Å². The number of benzene rings is 1. The first-order valence-corrected chi connectivity index (χ1v) is 8.76. The van der Waals surface area contributed by atoms with Gasteiger partial charge in [0, 0.05) is 30.6 Å². The number of allylic oxidation sites excluding steroid dienone is 1. The summed E-state index contributed by atoms with van der Waals surface area (Å²) in [5.74, 6) is 0.0493. The Kier molecular flexibility index (Phi) is 5.30. The lowest BCUT2D eigenvalue weighted by Crippen LogP contribution is -2.44. The van der Waals surface area contributed by atoms with Gasteiger partial charge in [-0.2, -0.15) is 0 Å². The highest BCUT2D eigenvalue weighted by Gasteiger charge is 2.26. The van der Waals surface area contributed by atoms with E-state index in [4.69, 9.17) is 5.73 Å².